The average Bonchev–Trinajstić information content (AvgIpc) is 3.46. The number of nitrogens with one attached hydrogen (secondary N) is 1. The zero-order valence-electron chi connectivity index (χ0n) is 14.9. The smallest absolute Gasteiger partial charge is 0.290 e. The normalized spacial score (nSPS) is 16.8. The first-order valence-electron chi connectivity index (χ1n) is 9.17. The van der Waals surface area contributed by atoms with Crippen LogP contribution in [0.25, 0.3) is 22.4 Å². The number of hydrogen-bond donors (Lipinski definition) is 1. The van der Waals surface area contributed by atoms with Gasteiger partial charge in [0.15, 0.2) is 23.0 Å². The molecule has 1 N–H and O–H groups in total. The van der Waals surface area contributed by atoms with Crippen molar-refractivity contribution in [2.45, 2.75) is 18.9 Å². The summed E-state index contributed by atoms with van der Waals surface area (Å²) in [4.78, 5) is 19.3. The van der Waals surface area contributed by atoms with Crippen LogP contribution in [0.15, 0.2) is 59.0 Å². The molecule has 1 atom stereocenters. The minimum absolute atomic E-state index is 0.104. The lowest BCUT2D eigenvalue weighted by atomic mass is 10.2. The van der Waals surface area contributed by atoms with Crippen molar-refractivity contribution in [2.24, 2.45) is 0 Å². The Kier molecular flexibility index (Phi) is 3.93. The van der Waals surface area contributed by atoms with Crippen molar-refractivity contribution < 1.29 is 13.6 Å². The summed E-state index contributed by atoms with van der Waals surface area (Å²) in [6.45, 7) is 0.588. The van der Waals surface area contributed by atoms with Gasteiger partial charge in [-0.2, -0.15) is 5.10 Å². The average molecular weight is 376 g/mol. The highest BCUT2D eigenvalue weighted by molar-refractivity contribution is 5.96. The van der Waals surface area contributed by atoms with Gasteiger partial charge in [-0.25, -0.2) is 9.37 Å². The molecule has 1 aliphatic rings. The Balaban J connectivity index is 1.44. The number of aromatic amines is 1. The van der Waals surface area contributed by atoms with Gasteiger partial charge in [-0.15, -0.1) is 0 Å². The number of amides is 1. The number of hydrogen-bond acceptors (Lipinski definition) is 4. The highest BCUT2D eigenvalue weighted by atomic mass is 19.1. The number of rotatable bonds is 3. The molecule has 1 amide bonds. The Labute approximate surface area is 160 Å². The predicted octanol–water partition coefficient (Wildman–Crippen LogP) is 4.33. The molecule has 0 unspecified atom stereocenters. The van der Waals surface area contributed by atoms with E-state index in [1.165, 1.54) is 6.07 Å². The molecule has 0 radical (unpaired) electrons. The number of carbonyl (C=O) groups is 1. The molecule has 7 heteroatoms. The van der Waals surface area contributed by atoms with Crippen LogP contribution in [0, 0.1) is 5.82 Å². The Morgan fingerprint density at radius 1 is 1.18 bits per heavy atom. The van der Waals surface area contributed by atoms with Crippen LogP contribution in [0.4, 0.5) is 4.39 Å². The monoisotopic (exact) mass is 376 g/mol. The first kappa shape index (κ1) is 16.7. The van der Waals surface area contributed by atoms with Gasteiger partial charge in [0, 0.05) is 17.5 Å². The quantitative estimate of drug-likeness (QED) is 0.577. The second kappa shape index (κ2) is 6.60. The van der Waals surface area contributed by atoms with Crippen molar-refractivity contribution in [3.8, 4) is 11.4 Å². The van der Waals surface area contributed by atoms with E-state index >= 15 is 0 Å². The summed E-state index contributed by atoms with van der Waals surface area (Å²) in [6.07, 6.45) is 1.64. The Morgan fingerprint density at radius 2 is 2.04 bits per heavy atom. The number of benzene rings is 2. The predicted molar refractivity (Wildman–Crippen MR) is 101 cm³/mol. The van der Waals surface area contributed by atoms with Crippen molar-refractivity contribution in [1.29, 1.82) is 0 Å². The van der Waals surface area contributed by atoms with Crippen molar-refractivity contribution in [2.75, 3.05) is 6.54 Å². The maximum absolute atomic E-state index is 13.9. The number of furan rings is 1. The minimum atomic E-state index is -0.475. The van der Waals surface area contributed by atoms with Crippen molar-refractivity contribution in [3.63, 3.8) is 0 Å². The SMILES string of the molecule is O=C(c1cc2cccc(F)c2o1)N1CCC[C@H]1c1nc(-c2ccccc2)n[nH]1. The molecule has 5 rings (SSSR count). The number of H-pyrrole nitrogens is 1. The van der Waals surface area contributed by atoms with Gasteiger partial charge in [0.2, 0.25) is 0 Å². The molecule has 0 saturated carbocycles. The van der Waals surface area contributed by atoms with Gasteiger partial charge in [0.05, 0.1) is 6.04 Å². The van der Waals surface area contributed by atoms with Crippen LogP contribution in [0.2, 0.25) is 0 Å². The third-order valence-electron chi connectivity index (χ3n) is 5.07. The van der Waals surface area contributed by atoms with E-state index in [-0.39, 0.29) is 23.3 Å². The lowest BCUT2D eigenvalue weighted by molar-refractivity contribution is 0.0700. The Bertz CT molecular complexity index is 1150. The van der Waals surface area contributed by atoms with Gasteiger partial charge >= 0.3 is 0 Å². The van der Waals surface area contributed by atoms with Crippen LogP contribution in [0.1, 0.15) is 35.3 Å². The molecule has 0 spiro atoms. The number of carbonyl (C=O) groups excluding carboxylic acids is 1. The Hall–Kier alpha value is -3.48. The molecule has 140 valence electrons. The lowest BCUT2D eigenvalue weighted by Gasteiger charge is -2.21. The number of aromatic nitrogens is 3. The van der Waals surface area contributed by atoms with E-state index in [1.54, 1.807) is 23.1 Å². The largest absolute Gasteiger partial charge is 0.448 e. The molecule has 2 aromatic carbocycles. The zero-order valence-corrected chi connectivity index (χ0v) is 14.9. The third kappa shape index (κ3) is 2.76. The molecule has 6 nitrogen and oxygen atoms in total. The fraction of sp³-hybridized carbons (Fsp3) is 0.190. The van der Waals surface area contributed by atoms with Gasteiger partial charge < -0.3 is 9.32 Å². The number of para-hydroxylation sites is 1. The van der Waals surface area contributed by atoms with Gasteiger partial charge in [-0.3, -0.25) is 9.89 Å². The fourth-order valence-corrected chi connectivity index (χ4v) is 3.71. The van der Waals surface area contributed by atoms with Crippen LogP contribution in [0.5, 0.6) is 0 Å². The van der Waals surface area contributed by atoms with E-state index in [1.807, 2.05) is 30.3 Å². The molecule has 4 aromatic rings. The highest BCUT2D eigenvalue weighted by Crippen LogP contribution is 2.33. The Morgan fingerprint density at radius 3 is 2.86 bits per heavy atom. The number of likely N-dealkylation sites (tertiary alicyclic amines) is 1. The van der Waals surface area contributed by atoms with Crippen LogP contribution in [-0.4, -0.2) is 32.5 Å². The summed E-state index contributed by atoms with van der Waals surface area (Å²) in [5.41, 5.74) is 1.02. The fourth-order valence-electron chi connectivity index (χ4n) is 3.71. The van der Waals surface area contributed by atoms with Gasteiger partial charge in [0.25, 0.3) is 5.91 Å². The number of fused-ring (bicyclic) bond motifs is 1. The van der Waals surface area contributed by atoms with Crippen LogP contribution in [-0.2, 0) is 0 Å². The van der Waals surface area contributed by atoms with E-state index in [2.05, 4.69) is 15.2 Å². The van der Waals surface area contributed by atoms with Crippen molar-refractivity contribution >= 4 is 16.9 Å². The maximum atomic E-state index is 13.9. The van der Waals surface area contributed by atoms with Crippen molar-refractivity contribution in [1.82, 2.24) is 20.1 Å². The molecule has 3 heterocycles. The van der Waals surface area contributed by atoms with Crippen LogP contribution < -0.4 is 0 Å². The molecule has 0 bridgehead atoms. The van der Waals surface area contributed by atoms with Gasteiger partial charge in [0.1, 0.15) is 5.82 Å². The minimum Gasteiger partial charge on any atom is -0.448 e. The van der Waals surface area contributed by atoms with Gasteiger partial charge in [-0.05, 0) is 25.0 Å². The number of nitrogens with zero attached hydrogens (tertiary/aromatic N) is 3. The zero-order chi connectivity index (χ0) is 19.1. The third-order valence-corrected chi connectivity index (χ3v) is 5.07. The molecular formula is C21H17FN4O2. The molecule has 1 fully saturated rings. The topological polar surface area (TPSA) is 75.0 Å². The molecule has 1 saturated heterocycles. The highest BCUT2D eigenvalue weighted by Gasteiger charge is 2.34. The molecule has 2 aromatic heterocycles. The summed E-state index contributed by atoms with van der Waals surface area (Å²) >= 11 is 0. The van der Waals surface area contributed by atoms with E-state index < -0.39 is 5.82 Å². The summed E-state index contributed by atoms with van der Waals surface area (Å²) < 4.78 is 19.4. The van der Waals surface area contributed by atoms with Crippen LogP contribution >= 0.6 is 0 Å². The maximum Gasteiger partial charge on any atom is 0.290 e. The second-order valence-electron chi connectivity index (χ2n) is 6.84. The summed E-state index contributed by atoms with van der Waals surface area (Å²) in [5.74, 6) is 0.635. The van der Waals surface area contributed by atoms with E-state index in [9.17, 15) is 9.18 Å². The van der Waals surface area contributed by atoms with E-state index in [4.69, 9.17) is 4.42 Å². The summed E-state index contributed by atoms with van der Waals surface area (Å²) in [5, 5.41) is 7.84. The molecular weight excluding hydrogens is 359 g/mol. The molecule has 0 aliphatic carbocycles. The first-order chi connectivity index (χ1) is 13.7. The van der Waals surface area contributed by atoms with E-state index in [0.717, 1.165) is 18.4 Å². The first-order valence-corrected chi connectivity index (χ1v) is 9.17. The lowest BCUT2D eigenvalue weighted by Crippen LogP contribution is -2.30. The molecule has 1 aliphatic heterocycles. The van der Waals surface area contributed by atoms with Crippen molar-refractivity contribution in [3.05, 3.63) is 72.0 Å². The standard InChI is InChI=1S/C21H17FN4O2/c22-15-9-4-8-14-12-17(28-18(14)15)21(27)26-11-5-10-16(26)20-23-19(24-25-20)13-6-2-1-3-7-13/h1-4,6-9,12,16H,5,10-11H2,(H,23,24,25)/t16-/m0/s1. The van der Waals surface area contributed by atoms with Gasteiger partial charge in [-0.1, -0.05) is 42.5 Å². The molecule has 28 heavy (non-hydrogen) atoms. The van der Waals surface area contributed by atoms with E-state index in [0.29, 0.717) is 23.6 Å². The summed E-state index contributed by atoms with van der Waals surface area (Å²) in [7, 11) is 0. The summed E-state index contributed by atoms with van der Waals surface area (Å²) in [6, 6.07) is 15.7. The second-order valence-corrected chi connectivity index (χ2v) is 6.84. The van der Waals surface area contributed by atoms with Crippen LogP contribution in [0.3, 0.4) is 0 Å². The number of halogens is 1.